The number of benzene rings is 1. The lowest BCUT2D eigenvalue weighted by atomic mass is 10.3. The van der Waals surface area contributed by atoms with E-state index in [1.54, 1.807) is 6.07 Å². The molecule has 0 bridgehead atoms. The van der Waals surface area contributed by atoms with Gasteiger partial charge in [-0.3, -0.25) is 0 Å². The van der Waals surface area contributed by atoms with Crippen LogP contribution in [0.25, 0.3) is 0 Å². The largest absolute Gasteiger partial charge is 0.493 e. The monoisotopic (exact) mass is 364 g/mol. The highest BCUT2D eigenvalue weighted by molar-refractivity contribution is 9.10. The maximum absolute atomic E-state index is 12.6. The molecule has 1 fully saturated rings. The van der Waals surface area contributed by atoms with E-state index in [2.05, 4.69) is 15.9 Å². The van der Waals surface area contributed by atoms with Crippen molar-refractivity contribution in [1.29, 1.82) is 0 Å². The summed E-state index contributed by atoms with van der Waals surface area (Å²) in [5.74, 6) is 0.842. The van der Waals surface area contributed by atoms with Crippen molar-refractivity contribution in [1.82, 2.24) is 4.31 Å². The molecule has 0 spiro atoms. The first-order valence-corrected chi connectivity index (χ1v) is 8.30. The number of halogens is 1. The molecule has 0 amide bonds. The van der Waals surface area contributed by atoms with Gasteiger partial charge in [-0.05, 0) is 28.4 Å². The van der Waals surface area contributed by atoms with E-state index in [0.29, 0.717) is 35.5 Å². The van der Waals surface area contributed by atoms with E-state index in [1.165, 1.54) is 24.6 Å². The molecule has 0 unspecified atom stereocenters. The second-order valence-corrected chi connectivity index (χ2v) is 7.31. The Morgan fingerprint density at radius 1 is 1.30 bits per heavy atom. The van der Waals surface area contributed by atoms with Crippen molar-refractivity contribution in [3.05, 3.63) is 16.6 Å². The minimum atomic E-state index is -3.59. The predicted molar refractivity (Wildman–Crippen MR) is 78.6 cm³/mol. The second-order valence-electron chi connectivity index (χ2n) is 4.55. The zero-order valence-electron chi connectivity index (χ0n) is 11.3. The first-order valence-electron chi connectivity index (χ1n) is 6.07. The third kappa shape index (κ3) is 2.78. The summed E-state index contributed by atoms with van der Waals surface area (Å²) in [5.41, 5.74) is 5.78. The van der Waals surface area contributed by atoms with Gasteiger partial charge in [-0.1, -0.05) is 0 Å². The van der Waals surface area contributed by atoms with E-state index in [1.807, 2.05) is 0 Å². The van der Waals surface area contributed by atoms with Crippen molar-refractivity contribution in [2.45, 2.75) is 17.4 Å². The molecule has 0 aliphatic carbocycles. The van der Waals surface area contributed by atoms with Crippen molar-refractivity contribution in [2.75, 3.05) is 27.3 Å². The summed E-state index contributed by atoms with van der Waals surface area (Å²) in [6.07, 6.45) is 0.671. The molecule has 1 heterocycles. The summed E-state index contributed by atoms with van der Waals surface area (Å²) >= 11 is 3.28. The van der Waals surface area contributed by atoms with Crippen LogP contribution >= 0.6 is 15.9 Å². The van der Waals surface area contributed by atoms with E-state index in [-0.39, 0.29) is 10.9 Å². The average molecular weight is 365 g/mol. The quantitative estimate of drug-likeness (QED) is 0.867. The van der Waals surface area contributed by atoms with Gasteiger partial charge in [0.05, 0.1) is 14.2 Å². The Hall–Kier alpha value is -0.830. The average Bonchev–Trinajstić information content (AvgIpc) is 2.85. The predicted octanol–water partition coefficient (Wildman–Crippen LogP) is 1.19. The number of nitrogens with zero attached hydrogens (tertiary/aromatic N) is 1. The Bertz CT molecular complexity index is 606. The minimum Gasteiger partial charge on any atom is -0.493 e. The SMILES string of the molecule is COc1cc(Br)c(S(=O)(=O)N2CC[C@H](N)C2)cc1OC. The number of methoxy groups -OCH3 is 2. The first-order chi connectivity index (χ1) is 9.40. The van der Waals surface area contributed by atoms with Gasteiger partial charge >= 0.3 is 0 Å². The van der Waals surface area contributed by atoms with E-state index in [0.717, 1.165) is 0 Å². The maximum Gasteiger partial charge on any atom is 0.244 e. The normalized spacial score (nSPS) is 20.1. The molecule has 0 radical (unpaired) electrons. The number of rotatable bonds is 4. The topological polar surface area (TPSA) is 81.9 Å². The van der Waals surface area contributed by atoms with Crippen LogP contribution in [0.15, 0.2) is 21.5 Å². The Morgan fingerprint density at radius 2 is 1.90 bits per heavy atom. The smallest absolute Gasteiger partial charge is 0.244 e. The summed E-state index contributed by atoms with van der Waals surface area (Å²) in [4.78, 5) is 0.157. The molecule has 2 N–H and O–H groups in total. The number of nitrogens with two attached hydrogens (primary N) is 1. The molecule has 8 heteroatoms. The maximum atomic E-state index is 12.6. The third-order valence-electron chi connectivity index (χ3n) is 3.24. The molecular formula is C12H17BrN2O4S. The Kier molecular flexibility index (Phi) is 4.58. The molecule has 1 aliphatic heterocycles. The molecule has 112 valence electrons. The van der Waals surface area contributed by atoms with Crippen molar-refractivity contribution in [3.63, 3.8) is 0 Å². The van der Waals surface area contributed by atoms with Crippen LogP contribution in [0.2, 0.25) is 0 Å². The molecule has 1 saturated heterocycles. The summed E-state index contributed by atoms with van der Waals surface area (Å²) < 4.78 is 37.4. The van der Waals surface area contributed by atoms with Gasteiger partial charge in [0.1, 0.15) is 4.90 Å². The van der Waals surface area contributed by atoms with Crippen LogP contribution in [0.1, 0.15) is 6.42 Å². The lowest BCUT2D eigenvalue weighted by Gasteiger charge is -2.18. The van der Waals surface area contributed by atoms with Crippen LogP contribution in [-0.2, 0) is 10.0 Å². The molecule has 2 rings (SSSR count). The van der Waals surface area contributed by atoms with Gasteiger partial charge in [0.15, 0.2) is 11.5 Å². The fraction of sp³-hybridized carbons (Fsp3) is 0.500. The highest BCUT2D eigenvalue weighted by Crippen LogP contribution is 2.37. The lowest BCUT2D eigenvalue weighted by Crippen LogP contribution is -2.32. The van der Waals surface area contributed by atoms with Crippen molar-refractivity contribution < 1.29 is 17.9 Å². The van der Waals surface area contributed by atoms with Gasteiger partial charge in [-0.2, -0.15) is 4.31 Å². The third-order valence-corrected chi connectivity index (χ3v) is 6.07. The van der Waals surface area contributed by atoms with Gasteiger partial charge in [0, 0.05) is 29.7 Å². The van der Waals surface area contributed by atoms with Crippen LogP contribution in [0, 0.1) is 0 Å². The summed E-state index contributed by atoms with van der Waals surface area (Å²) in [6.45, 7) is 0.771. The Labute approximate surface area is 127 Å². The highest BCUT2D eigenvalue weighted by atomic mass is 79.9. The molecule has 1 aromatic rings. The number of sulfonamides is 1. The van der Waals surface area contributed by atoms with E-state index >= 15 is 0 Å². The standard InChI is InChI=1S/C12H17BrN2O4S/c1-18-10-5-9(13)12(6-11(10)19-2)20(16,17)15-4-3-8(14)7-15/h5-6,8H,3-4,7,14H2,1-2H3/t8-/m0/s1. The summed E-state index contributed by atoms with van der Waals surface area (Å²) in [5, 5.41) is 0. The molecule has 0 aromatic heterocycles. The highest BCUT2D eigenvalue weighted by Gasteiger charge is 2.33. The van der Waals surface area contributed by atoms with E-state index in [9.17, 15) is 8.42 Å². The second kappa shape index (κ2) is 5.88. The zero-order valence-corrected chi connectivity index (χ0v) is 13.7. The van der Waals surface area contributed by atoms with E-state index < -0.39 is 10.0 Å². The minimum absolute atomic E-state index is 0.108. The van der Waals surface area contributed by atoms with Crippen molar-refractivity contribution >= 4 is 26.0 Å². The van der Waals surface area contributed by atoms with Crippen LogP contribution < -0.4 is 15.2 Å². The molecule has 1 aliphatic rings. The molecule has 20 heavy (non-hydrogen) atoms. The fourth-order valence-corrected chi connectivity index (χ4v) is 4.65. The fourth-order valence-electron chi connectivity index (χ4n) is 2.14. The molecular weight excluding hydrogens is 348 g/mol. The first kappa shape index (κ1) is 15.6. The molecule has 1 aromatic carbocycles. The number of ether oxygens (including phenoxy) is 2. The summed E-state index contributed by atoms with van der Waals surface area (Å²) in [6, 6.07) is 2.94. The molecule has 6 nitrogen and oxygen atoms in total. The molecule has 1 atom stereocenters. The van der Waals surface area contributed by atoms with Crippen LogP contribution in [0.5, 0.6) is 11.5 Å². The Balaban J connectivity index is 2.46. The van der Waals surface area contributed by atoms with Gasteiger partial charge < -0.3 is 15.2 Å². The number of hydrogen-bond acceptors (Lipinski definition) is 5. The van der Waals surface area contributed by atoms with Crippen LogP contribution in [-0.4, -0.2) is 46.1 Å². The van der Waals surface area contributed by atoms with Crippen LogP contribution in [0.3, 0.4) is 0 Å². The van der Waals surface area contributed by atoms with Crippen LogP contribution in [0.4, 0.5) is 0 Å². The van der Waals surface area contributed by atoms with Crippen molar-refractivity contribution in [3.8, 4) is 11.5 Å². The van der Waals surface area contributed by atoms with Crippen molar-refractivity contribution in [2.24, 2.45) is 5.73 Å². The zero-order chi connectivity index (χ0) is 14.9. The lowest BCUT2D eigenvalue weighted by molar-refractivity contribution is 0.353. The van der Waals surface area contributed by atoms with Gasteiger partial charge in [0.25, 0.3) is 0 Å². The van der Waals surface area contributed by atoms with Gasteiger partial charge in [-0.15, -0.1) is 0 Å². The van der Waals surface area contributed by atoms with E-state index in [4.69, 9.17) is 15.2 Å². The molecule has 0 saturated carbocycles. The summed E-state index contributed by atoms with van der Waals surface area (Å²) in [7, 11) is -0.625. The van der Waals surface area contributed by atoms with Gasteiger partial charge in [0.2, 0.25) is 10.0 Å². The van der Waals surface area contributed by atoms with Gasteiger partial charge in [-0.25, -0.2) is 8.42 Å². The number of hydrogen-bond donors (Lipinski definition) is 1. The Morgan fingerprint density at radius 3 is 2.40 bits per heavy atom.